The van der Waals surface area contributed by atoms with Crippen LogP contribution >= 0.6 is 0 Å². The van der Waals surface area contributed by atoms with E-state index in [1.165, 1.54) is 7.05 Å². The summed E-state index contributed by atoms with van der Waals surface area (Å²) < 4.78 is 10.7. The molecule has 1 fully saturated rings. The highest BCUT2D eigenvalue weighted by Crippen LogP contribution is 2.32. The first-order chi connectivity index (χ1) is 12.8. The lowest BCUT2D eigenvalue weighted by Gasteiger charge is -2.40. The summed E-state index contributed by atoms with van der Waals surface area (Å²) >= 11 is 0. The van der Waals surface area contributed by atoms with Crippen LogP contribution in [0.15, 0.2) is 0 Å². The number of hydrogen-bond donors (Lipinski definition) is 1. The third kappa shape index (κ3) is 7.09. The van der Waals surface area contributed by atoms with Gasteiger partial charge in [-0.2, -0.15) is 0 Å². The van der Waals surface area contributed by atoms with Crippen molar-refractivity contribution in [2.24, 2.45) is 11.3 Å². The zero-order valence-corrected chi connectivity index (χ0v) is 19.3. The summed E-state index contributed by atoms with van der Waals surface area (Å²) in [5.41, 5.74) is -0.731. The summed E-state index contributed by atoms with van der Waals surface area (Å²) in [7, 11) is 0.0628. The van der Waals surface area contributed by atoms with Crippen LogP contribution in [0.25, 0.3) is 0 Å². The SMILES string of the molecule is CN(C(=O)OCC[Si](C)(C)C)C(C(=O)N1CCOCC1)C(C(=O)O)C(C)(C)C. The van der Waals surface area contributed by atoms with Gasteiger partial charge < -0.3 is 19.5 Å². The van der Waals surface area contributed by atoms with Crippen LogP contribution < -0.4 is 0 Å². The predicted molar refractivity (Wildman–Crippen MR) is 109 cm³/mol. The molecule has 9 heteroatoms. The van der Waals surface area contributed by atoms with Gasteiger partial charge in [-0.3, -0.25) is 14.5 Å². The molecule has 0 aromatic heterocycles. The summed E-state index contributed by atoms with van der Waals surface area (Å²) in [5.74, 6) is -2.56. The molecule has 1 rings (SSSR count). The van der Waals surface area contributed by atoms with Gasteiger partial charge in [-0.15, -0.1) is 0 Å². The molecule has 1 saturated heterocycles. The van der Waals surface area contributed by atoms with Crippen LogP contribution in [0.2, 0.25) is 25.7 Å². The van der Waals surface area contributed by atoms with E-state index in [1.807, 2.05) is 0 Å². The Morgan fingerprint density at radius 2 is 1.71 bits per heavy atom. The van der Waals surface area contributed by atoms with Crippen LogP contribution in [-0.4, -0.2) is 86.9 Å². The number of nitrogens with zero attached hydrogens (tertiary/aromatic N) is 2. The fraction of sp³-hybridized carbons (Fsp3) is 0.842. The molecule has 0 radical (unpaired) electrons. The topological polar surface area (TPSA) is 96.4 Å². The molecule has 162 valence electrons. The second kappa shape index (κ2) is 9.73. The molecule has 28 heavy (non-hydrogen) atoms. The molecule has 1 aliphatic heterocycles. The number of aliphatic carboxylic acids is 1. The van der Waals surface area contributed by atoms with Crippen LogP contribution in [0.3, 0.4) is 0 Å². The fourth-order valence-electron chi connectivity index (χ4n) is 3.14. The molecular formula is C19H36N2O6Si. The van der Waals surface area contributed by atoms with Crippen LogP contribution in [0.5, 0.6) is 0 Å². The van der Waals surface area contributed by atoms with Crippen molar-refractivity contribution in [3.05, 3.63) is 0 Å². The minimum atomic E-state index is -1.38. The number of likely N-dealkylation sites (N-methyl/N-ethyl adjacent to an activating group) is 1. The molecule has 1 heterocycles. The molecule has 0 spiro atoms. The van der Waals surface area contributed by atoms with Crippen molar-refractivity contribution in [2.45, 2.75) is 52.5 Å². The van der Waals surface area contributed by atoms with Gasteiger partial charge in [0.05, 0.1) is 25.7 Å². The van der Waals surface area contributed by atoms with E-state index in [4.69, 9.17) is 9.47 Å². The van der Waals surface area contributed by atoms with Gasteiger partial charge in [-0.05, 0) is 11.5 Å². The Morgan fingerprint density at radius 1 is 1.18 bits per heavy atom. The molecule has 0 bridgehead atoms. The normalized spacial score (nSPS) is 17.6. The minimum Gasteiger partial charge on any atom is -0.481 e. The number of hydrogen-bond acceptors (Lipinski definition) is 5. The summed E-state index contributed by atoms with van der Waals surface area (Å²) in [6.07, 6.45) is -0.666. The molecule has 1 N–H and O–H groups in total. The largest absolute Gasteiger partial charge is 0.481 e. The quantitative estimate of drug-likeness (QED) is 0.640. The highest BCUT2D eigenvalue weighted by Gasteiger charge is 2.47. The summed E-state index contributed by atoms with van der Waals surface area (Å²) in [6, 6.07) is -0.342. The standard InChI is InChI=1S/C19H36N2O6Si/c1-19(2,3)14(17(23)24)15(16(22)21-8-10-26-11-9-21)20(4)18(25)27-12-13-28(5,6)7/h14-15H,8-13H2,1-7H3,(H,23,24). The van der Waals surface area contributed by atoms with Gasteiger partial charge in [0.2, 0.25) is 5.91 Å². The molecule has 2 amide bonds. The van der Waals surface area contributed by atoms with Crippen molar-refractivity contribution in [3.8, 4) is 0 Å². The number of carbonyl (C=O) groups is 3. The van der Waals surface area contributed by atoms with Crippen LogP contribution in [0.1, 0.15) is 20.8 Å². The lowest BCUT2D eigenvalue weighted by atomic mass is 9.75. The minimum absolute atomic E-state index is 0.268. The maximum absolute atomic E-state index is 13.2. The first-order valence-corrected chi connectivity index (χ1v) is 13.5. The van der Waals surface area contributed by atoms with Crippen LogP contribution in [0.4, 0.5) is 4.79 Å². The Hall–Kier alpha value is -1.61. The first kappa shape index (κ1) is 24.4. The smallest absolute Gasteiger partial charge is 0.410 e. The number of carbonyl (C=O) groups excluding carboxylic acids is 2. The molecule has 2 atom stereocenters. The molecule has 0 saturated carbocycles. The monoisotopic (exact) mass is 416 g/mol. The van der Waals surface area contributed by atoms with Crippen LogP contribution in [0, 0.1) is 11.3 Å². The van der Waals surface area contributed by atoms with E-state index >= 15 is 0 Å². The lowest BCUT2D eigenvalue weighted by Crippen LogP contribution is -2.59. The van der Waals surface area contributed by atoms with Crippen molar-refractivity contribution in [2.75, 3.05) is 40.0 Å². The summed E-state index contributed by atoms with van der Waals surface area (Å²) in [6.45, 7) is 13.6. The highest BCUT2D eigenvalue weighted by molar-refractivity contribution is 6.76. The van der Waals surface area contributed by atoms with Gasteiger partial charge in [0.15, 0.2) is 0 Å². The van der Waals surface area contributed by atoms with E-state index in [9.17, 15) is 19.5 Å². The van der Waals surface area contributed by atoms with Crippen molar-refractivity contribution in [3.63, 3.8) is 0 Å². The maximum atomic E-state index is 13.2. The third-order valence-corrected chi connectivity index (χ3v) is 6.58. The van der Waals surface area contributed by atoms with Gasteiger partial charge in [-0.25, -0.2) is 4.79 Å². The Bertz CT molecular complexity index is 564. The molecule has 0 aromatic carbocycles. The van der Waals surface area contributed by atoms with Crippen molar-refractivity contribution in [1.29, 1.82) is 0 Å². The number of carboxylic acid groups (broad SMARTS) is 1. The van der Waals surface area contributed by atoms with Crippen LogP contribution in [-0.2, 0) is 19.1 Å². The molecule has 0 aliphatic carbocycles. The number of ether oxygens (including phenoxy) is 2. The van der Waals surface area contributed by atoms with Gasteiger partial charge >= 0.3 is 12.1 Å². The van der Waals surface area contributed by atoms with Crippen molar-refractivity contribution < 1.29 is 29.0 Å². The first-order valence-electron chi connectivity index (χ1n) is 9.74. The van der Waals surface area contributed by atoms with E-state index in [1.54, 1.807) is 25.7 Å². The number of rotatable bonds is 7. The second-order valence-corrected chi connectivity index (χ2v) is 15.2. The lowest BCUT2D eigenvalue weighted by molar-refractivity contribution is -0.157. The van der Waals surface area contributed by atoms with Gasteiger partial charge in [-0.1, -0.05) is 40.4 Å². The Morgan fingerprint density at radius 3 is 2.14 bits per heavy atom. The molecular weight excluding hydrogens is 380 g/mol. The van der Waals surface area contributed by atoms with Gasteiger partial charge in [0, 0.05) is 28.2 Å². The Labute approximate surface area is 169 Å². The van der Waals surface area contributed by atoms with E-state index in [2.05, 4.69) is 19.6 Å². The number of amides is 2. The maximum Gasteiger partial charge on any atom is 0.410 e. The molecule has 1 aliphatic rings. The number of carboxylic acids is 1. The van der Waals surface area contributed by atoms with Crippen molar-refractivity contribution in [1.82, 2.24) is 9.80 Å². The van der Waals surface area contributed by atoms with E-state index < -0.39 is 37.5 Å². The van der Waals surface area contributed by atoms with Gasteiger partial charge in [0.25, 0.3) is 0 Å². The van der Waals surface area contributed by atoms with E-state index in [0.29, 0.717) is 26.3 Å². The zero-order valence-electron chi connectivity index (χ0n) is 18.3. The molecule has 0 aromatic rings. The van der Waals surface area contributed by atoms with Gasteiger partial charge in [0.1, 0.15) is 6.04 Å². The highest BCUT2D eigenvalue weighted by atomic mass is 28.3. The molecule has 8 nitrogen and oxygen atoms in total. The van der Waals surface area contributed by atoms with E-state index in [-0.39, 0.29) is 12.5 Å². The average Bonchev–Trinajstić information content (AvgIpc) is 2.56. The Kier molecular flexibility index (Phi) is 8.49. The fourth-order valence-corrected chi connectivity index (χ4v) is 3.86. The third-order valence-electron chi connectivity index (χ3n) is 4.87. The number of morpholine rings is 1. The zero-order chi connectivity index (χ0) is 21.7. The Balaban J connectivity index is 3.08. The molecule has 2 unspecified atom stereocenters. The van der Waals surface area contributed by atoms with Crippen molar-refractivity contribution >= 4 is 26.0 Å². The summed E-state index contributed by atoms with van der Waals surface area (Å²) in [5, 5.41) is 9.87. The second-order valence-electron chi connectivity index (χ2n) is 9.60. The predicted octanol–water partition coefficient (Wildman–Crippen LogP) is 2.37. The van der Waals surface area contributed by atoms with E-state index in [0.717, 1.165) is 10.9 Å². The average molecular weight is 417 g/mol. The summed E-state index contributed by atoms with van der Waals surface area (Å²) in [4.78, 5) is 40.7.